The summed E-state index contributed by atoms with van der Waals surface area (Å²) in [5.74, 6) is 2.85. The molecule has 1 aromatic rings. The van der Waals surface area contributed by atoms with E-state index >= 15 is 0 Å². The minimum absolute atomic E-state index is 0.298. The molecule has 20 heavy (non-hydrogen) atoms. The quantitative estimate of drug-likeness (QED) is 0.513. The van der Waals surface area contributed by atoms with Gasteiger partial charge in [0.2, 0.25) is 0 Å². The number of thiol groups is 1. The molecule has 0 N–H and O–H groups in total. The van der Waals surface area contributed by atoms with Crippen LogP contribution in [0, 0.1) is 5.92 Å². The highest BCUT2D eigenvalue weighted by atomic mass is 32.2. The zero-order chi connectivity index (χ0) is 14.2. The summed E-state index contributed by atoms with van der Waals surface area (Å²) in [6.07, 6.45) is 6.55. The van der Waals surface area contributed by atoms with Crippen LogP contribution in [0.5, 0.6) is 0 Å². The van der Waals surface area contributed by atoms with Crippen molar-refractivity contribution in [3.8, 4) is 0 Å². The fourth-order valence-corrected chi connectivity index (χ4v) is 4.40. The molecule has 3 heteroatoms. The summed E-state index contributed by atoms with van der Waals surface area (Å²) in [6, 6.07) is 10.7. The number of hydrogen-bond donors (Lipinski definition) is 1. The second-order valence-corrected chi connectivity index (χ2v) is 7.14. The second-order valence-electron chi connectivity index (χ2n) is 5.49. The third-order valence-corrected chi connectivity index (χ3v) is 5.55. The second kappa shape index (κ2) is 9.01. The van der Waals surface area contributed by atoms with Gasteiger partial charge in [-0.25, -0.2) is 0 Å². The maximum absolute atomic E-state index is 6.34. The first kappa shape index (κ1) is 16.3. The largest absolute Gasteiger partial charge is 0.359 e. The molecular weight excluding hydrogens is 284 g/mol. The van der Waals surface area contributed by atoms with Gasteiger partial charge in [-0.1, -0.05) is 50.1 Å². The lowest BCUT2D eigenvalue weighted by molar-refractivity contribution is 0.0855. The molecule has 2 rings (SSSR count). The molecule has 1 aliphatic heterocycles. The van der Waals surface area contributed by atoms with E-state index in [1.54, 1.807) is 0 Å². The fraction of sp³-hybridized carbons (Fsp3) is 0.647. The van der Waals surface area contributed by atoms with Gasteiger partial charge in [0, 0.05) is 0 Å². The van der Waals surface area contributed by atoms with Gasteiger partial charge in [0.1, 0.15) is 5.44 Å². The normalized spacial score (nSPS) is 26.0. The highest BCUT2D eigenvalue weighted by Crippen LogP contribution is 2.43. The maximum atomic E-state index is 6.34. The Morgan fingerprint density at radius 2 is 2.05 bits per heavy atom. The van der Waals surface area contributed by atoms with Gasteiger partial charge in [0.25, 0.3) is 0 Å². The smallest absolute Gasteiger partial charge is 0.106 e. The highest BCUT2D eigenvalue weighted by molar-refractivity contribution is 7.99. The van der Waals surface area contributed by atoms with Crippen molar-refractivity contribution in [3.05, 3.63) is 35.9 Å². The van der Waals surface area contributed by atoms with Gasteiger partial charge in [0.15, 0.2) is 0 Å². The van der Waals surface area contributed by atoms with E-state index in [1.807, 2.05) is 11.8 Å². The monoisotopic (exact) mass is 310 g/mol. The fourth-order valence-electron chi connectivity index (χ4n) is 2.76. The molecule has 112 valence electrons. The Kier molecular flexibility index (Phi) is 7.32. The number of hydrogen-bond acceptors (Lipinski definition) is 3. The van der Waals surface area contributed by atoms with Gasteiger partial charge in [-0.15, -0.1) is 11.8 Å². The van der Waals surface area contributed by atoms with Crippen LogP contribution < -0.4 is 0 Å². The molecule has 1 aromatic carbocycles. The van der Waals surface area contributed by atoms with Crippen LogP contribution in [0.25, 0.3) is 0 Å². The Labute approximate surface area is 133 Å². The molecule has 3 unspecified atom stereocenters. The summed E-state index contributed by atoms with van der Waals surface area (Å²) in [7, 11) is 0. The van der Waals surface area contributed by atoms with Crippen molar-refractivity contribution in [1.29, 1.82) is 0 Å². The van der Waals surface area contributed by atoms with Gasteiger partial charge in [-0.05, 0) is 42.2 Å². The Morgan fingerprint density at radius 3 is 2.75 bits per heavy atom. The summed E-state index contributed by atoms with van der Waals surface area (Å²) < 4.78 is 6.34. The molecule has 0 aliphatic carbocycles. The lowest BCUT2D eigenvalue weighted by atomic mass is 9.96. The van der Waals surface area contributed by atoms with E-state index < -0.39 is 0 Å². The minimum atomic E-state index is 0.298. The minimum Gasteiger partial charge on any atom is -0.359 e. The number of unbranched alkanes of at least 4 members (excludes halogenated alkanes) is 1. The highest BCUT2D eigenvalue weighted by Gasteiger charge is 2.35. The first-order valence-corrected chi connectivity index (χ1v) is 9.46. The zero-order valence-electron chi connectivity index (χ0n) is 12.3. The van der Waals surface area contributed by atoms with E-state index in [9.17, 15) is 0 Å². The van der Waals surface area contributed by atoms with E-state index in [-0.39, 0.29) is 0 Å². The zero-order valence-corrected chi connectivity index (χ0v) is 14.0. The van der Waals surface area contributed by atoms with Crippen LogP contribution in [-0.4, -0.2) is 16.9 Å². The van der Waals surface area contributed by atoms with Crippen molar-refractivity contribution in [3.63, 3.8) is 0 Å². The summed E-state index contributed by atoms with van der Waals surface area (Å²) >= 11 is 6.29. The Bertz CT molecular complexity index is 369. The molecule has 0 spiro atoms. The first-order valence-electron chi connectivity index (χ1n) is 7.78. The third-order valence-electron chi connectivity index (χ3n) is 3.88. The van der Waals surface area contributed by atoms with E-state index in [1.165, 1.54) is 37.7 Å². The first-order chi connectivity index (χ1) is 9.85. The Hall–Kier alpha value is -0.120. The predicted octanol–water partition coefficient (Wildman–Crippen LogP) is 5.33. The van der Waals surface area contributed by atoms with Crippen molar-refractivity contribution in [2.24, 2.45) is 5.92 Å². The SMILES string of the molecule is CCCCC1CC(c2ccccc2)OC1SCCCS. The lowest BCUT2D eigenvalue weighted by Crippen LogP contribution is -2.12. The Morgan fingerprint density at radius 1 is 1.25 bits per heavy atom. The third kappa shape index (κ3) is 4.71. The molecule has 3 atom stereocenters. The topological polar surface area (TPSA) is 9.23 Å². The van der Waals surface area contributed by atoms with Crippen LogP contribution in [0.4, 0.5) is 0 Å². The van der Waals surface area contributed by atoms with Gasteiger partial charge in [-0.3, -0.25) is 0 Å². The van der Waals surface area contributed by atoms with Crippen molar-refractivity contribution in [2.45, 2.75) is 50.6 Å². The van der Waals surface area contributed by atoms with Crippen molar-refractivity contribution >= 4 is 24.4 Å². The Balaban J connectivity index is 1.94. The number of ether oxygens (including phenoxy) is 1. The molecule has 0 bridgehead atoms. The number of benzene rings is 1. The molecule has 0 radical (unpaired) electrons. The van der Waals surface area contributed by atoms with Crippen LogP contribution >= 0.6 is 24.4 Å². The lowest BCUT2D eigenvalue weighted by Gasteiger charge is -2.17. The van der Waals surface area contributed by atoms with E-state index in [2.05, 4.69) is 49.9 Å². The molecule has 0 saturated carbocycles. The van der Waals surface area contributed by atoms with Crippen LogP contribution in [0.1, 0.15) is 50.7 Å². The van der Waals surface area contributed by atoms with Crippen LogP contribution in [0.15, 0.2) is 30.3 Å². The summed E-state index contributed by atoms with van der Waals surface area (Å²) in [5.41, 5.74) is 1.72. The molecular formula is C17H26OS2. The van der Waals surface area contributed by atoms with Crippen molar-refractivity contribution < 1.29 is 4.74 Å². The maximum Gasteiger partial charge on any atom is 0.106 e. The molecule has 0 amide bonds. The summed E-state index contributed by atoms with van der Waals surface area (Å²) in [4.78, 5) is 0. The van der Waals surface area contributed by atoms with Crippen molar-refractivity contribution in [1.82, 2.24) is 0 Å². The molecule has 1 saturated heterocycles. The molecule has 1 nitrogen and oxygen atoms in total. The van der Waals surface area contributed by atoms with Gasteiger partial charge in [-0.2, -0.15) is 12.6 Å². The molecule has 1 fully saturated rings. The van der Waals surface area contributed by atoms with Gasteiger partial charge >= 0.3 is 0 Å². The number of rotatable bonds is 8. The predicted molar refractivity (Wildman–Crippen MR) is 92.6 cm³/mol. The van der Waals surface area contributed by atoms with Crippen molar-refractivity contribution in [2.75, 3.05) is 11.5 Å². The van der Waals surface area contributed by atoms with E-state index in [0.717, 1.165) is 11.5 Å². The van der Waals surface area contributed by atoms with E-state index in [4.69, 9.17) is 4.74 Å². The van der Waals surface area contributed by atoms with Crippen LogP contribution in [0.2, 0.25) is 0 Å². The molecule has 0 aromatic heterocycles. The molecule has 1 aliphatic rings. The van der Waals surface area contributed by atoms with Crippen LogP contribution in [-0.2, 0) is 4.74 Å². The summed E-state index contributed by atoms with van der Waals surface area (Å²) in [5, 5.41) is 0. The van der Waals surface area contributed by atoms with Gasteiger partial charge in [0.05, 0.1) is 6.10 Å². The average molecular weight is 311 g/mol. The summed E-state index contributed by atoms with van der Waals surface area (Å²) in [6.45, 7) is 2.27. The standard InChI is InChI=1S/C17H26OS2/c1-2-3-8-15-13-16(14-9-5-4-6-10-14)18-17(15)20-12-7-11-19/h4-6,9-10,15-17,19H,2-3,7-8,11-13H2,1H3. The average Bonchev–Trinajstić information content (AvgIpc) is 2.89. The van der Waals surface area contributed by atoms with E-state index in [0.29, 0.717) is 17.5 Å². The van der Waals surface area contributed by atoms with Gasteiger partial charge < -0.3 is 4.74 Å². The number of thioether (sulfide) groups is 1. The molecule has 1 heterocycles. The van der Waals surface area contributed by atoms with Crippen LogP contribution in [0.3, 0.4) is 0 Å².